The number of hydrogen-bond donors (Lipinski definition) is 0. The lowest BCUT2D eigenvalue weighted by atomic mass is 10.1. The van der Waals surface area contributed by atoms with E-state index in [1.165, 1.54) is 0 Å². The van der Waals surface area contributed by atoms with Crippen molar-refractivity contribution in [3.05, 3.63) is 29.3 Å². The highest BCUT2D eigenvalue weighted by Gasteiger charge is 2.10. The Kier molecular flexibility index (Phi) is 3.43. The SMILES string of the molecule is CCn1cc(-c2nc(Cl)cc(C(C)C)n2)cn1. The highest BCUT2D eigenvalue weighted by atomic mass is 35.5. The Labute approximate surface area is 106 Å². The molecule has 0 unspecified atom stereocenters. The Bertz CT molecular complexity index is 519. The van der Waals surface area contributed by atoms with Gasteiger partial charge in [0.1, 0.15) is 5.15 Å². The van der Waals surface area contributed by atoms with Crippen LogP contribution in [0.15, 0.2) is 18.5 Å². The minimum absolute atomic E-state index is 0.329. The van der Waals surface area contributed by atoms with Crippen LogP contribution in [0.2, 0.25) is 5.15 Å². The fraction of sp³-hybridized carbons (Fsp3) is 0.417. The van der Waals surface area contributed by atoms with E-state index in [4.69, 9.17) is 11.6 Å². The van der Waals surface area contributed by atoms with Gasteiger partial charge in [0, 0.05) is 18.4 Å². The second-order valence-corrected chi connectivity index (χ2v) is 4.57. The van der Waals surface area contributed by atoms with Crippen LogP contribution in [0.1, 0.15) is 32.4 Å². The van der Waals surface area contributed by atoms with Gasteiger partial charge in [0.15, 0.2) is 5.82 Å². The maximum Gasteiger partial charge on any atom is 0.164 e. The molecule has 2 heterocycles. The van der Waals surface area contributed by atoms with Crippen molar-refractivity contribution in [1.82, 2.24) is 19.7 Å². The lowest BCUT2D eigenvalue weighted by molar-refractivity contribution is 0.660. The third-order valence-corrected chi connectivity index (χ3v) is 2.72. The average Bonchev–Trinajstić information content (AvgIpc) is 2.76. The summed E-state index contributed by atoms with van der Waals surface area (Å²) >= 11 is 6.01. The summed E-state index contributed by atoms with van der Waals surface area (Å²) in [4.78, 5) is 8.74. The van der Waals surface area contributed by atoms with Crippen molar-refractivity contribution in [2.45, 2.75) is 33.2 Å². The highest BCUT2D eigenvalue weighted by molar-refractivity contribution is 6.29. The van der Waals surface area contributed by atoms with Crippen LogP contribution in [0.5, 0.6) is 0 Å². The second kappa shape index (κ2) is 4.84. The number of nitrogens with zero attached hydrogens (tertiary/aromatic N) is 4. The average molecular weight is 251 g/mol. The lowest BCUT2D eigenvalue weighted by Gasteiger charge is -2.06. The molecule has 0 saturated carbocycles. The molecule has 0 amide bonds. The van der Waals surface area contributed by atoms with Gasteiger partial charge < -0.3 is 0 Å². The molecule has 5 heteroatoms. The van der Waals surface area contributed by atoms with Crippen molar-refractivity contribution in [1.29, 1.82) is 0 Å². The first-order valence-corrected chi connectivity index (χ1v) is 6.05. The summed E-state index contributed by atoms with van der Waals surface area (Å²) in [6.07, 6.45) is 3.69. The van der Waals surface area contributed by atoms with Crippen molar-refractivity contribution < 1.29 is 0 Å². The zero-order valence-electron chi connectivity index (χ0n) is 10.2. The predicted molar refractivity (Wildman–Crippen MR) is 68.0 cm³/mol. The van der Waals surface area contributed by atoms with Crippen molar-refractivity contribution in [3.8, 4) is 11.4 Å². The molecule has 0 aromatic carbocycles. The number of halogens is 1. The van der Waals surface area contributed by atoms with Gasteiger partial charge in [-0.05, 0) is 18.9 Å². The Morgan fingerprint density at radius 1 is 1.35 bits per heavy atom. The number of aromatic nitrogens is 4. The number of hydrogen-bond acceptors (Lipinski definition) is 3. The van der Waals surface area contributed by atoms with Gasteiger partial charge in [-0.25, -0.2) is 9.97 Å². The fourth-order valence-electron chi connectivity index (χ4n) is 1.51. The maximum absolute atomic E-state index is 6.01. The van der Waals surface area contributed by atoms with E-state index in [-0.39, 0.29) is 0 Å². The molecule has 0 bridgehead atoms. The van der Waals surface area contributed by atoms with E-state index in [0.717, 1.165) is 17.8 Å². The summed E-state index contributed by atoms with van der Waals surface area (Å²) < 4.78 is 1.84. The molecule has 0 fully saturated rings. The standard InChI is InChI=1S/C12H15ClN4/c1-4-17-7-9(6-14-17)12-15-10(8(2)3)5-11(13)16-12/h5-8H,4H2,1-3H3. The molecule has 0 aliphatic heterocycles. The summed E-state index contributed by atoms with van der Waals surface area (Å²) in [5.74, 6) is 0.969. The Balaban J connectivity index is 2.44. The van der Waals surface area contributed by atoms with Crippen molar-refractivity contribution in [2.75, 3.05) is 0 Å². The van der Waals surface area contributed by atoms with E-state index >= 15 is 0 Å². The molecule has 0 radical (unpaired) electrons. The van der Waals surface area contributed by atoms with Crippen molar-refractivity contribution >= 4 is 11.6 Å². The topological polar surface area (TPSA) is 43.6 Å². The number of aryl methyl sites for hydroxylation is 1. The largest absolute Gasteiger partial charge is 0.272 e. The van der Waals surface area contributed by atoms with E-state index in [9.17, 15) is 0 Å². The van der Waals surface area contributed by atoms with E-state index in [1.807, 2.05) is 17.8 Å². The first-order chi connectivity index (χ1) is 8.10. The Hall–Kier alpha value is -1.42. The van der Waals surface area contributed by atoms with Gasteiger partial charge in [0.25, 0.3) is 0 Å². The third-order valence-electron chi connectivity index (χ3n) is 2.52. The van der Waals surface area contributed by atoms with Gasteiger partial charge in [-0.2, -0.15) is 5.10 Å². The molecule has 4 nitrogen and oxygen atoms in total. The molecule has 0 saturated heterocycles. The Morgan fingerprint density at radius 2 is 2.12 bits per heavy atom. The van der Waals surface area contributed by atoms with E-state index in [2.05, 4.69) is 28.9 Å². The monoisotopic (exact) mass is 250 g/mol. The molecule has 2 aromatic rings. The van der Waals surface area contributed by atoms with E-state index < -0.39 is 0 Å². The molecular formula is C12H15ClN4. The highest BCUT2D eigenvalue weighted by Crippen LogP contribution is 2.21. The van der Waals surface area contributed by atoms with Crippen LogP contribution in [-0.4, -0.2) is 19.7 Å². The quantitative estimate of drug-likeness (QED) is 0.786. The minimum Gasteiger partial charge on any atom is -0.272 e. The molecular weight excluding hydrogens is 236 g/mol. The van der Waals surface area contributed by atoms with Gasteiger partial charge >= 0.3 is 0 Å². The van der Waals surface area contributed by atoms with Crippen LogP contribution in [0, 0.1) is 0 Å². The van der Waals surface area contributed by atoms with Crippen LogP contribution in [0.4, 0.5) is 0 Å². The van der Waals surface area contributed by atoms with Crippen molar-refractivity contribution in [3.63, 3.8) is 0 Å². The van der Waals surface area contributed by atoms with Gasteiger partial charge in [0.2, 0.25) is 0 Å². The molecule has 0 N–H and O–H groups in total. The summed E-state index contributed by atoms with van der Waals surface area (Å²) in [5, 5.41) is 4.68. The molecule has 0 aliphatic carbocycles. The first kappa shape index (κ1) is 12.0. The normalized spacial score (nSPS) is 11.1. The van der Waals surface area contributed by atoms with Crippen LogP contribution < -0.4 is 0 Å². The summed E-state index contributed by atoms with van der Waals surface area (Å²) in [5.41, 5.74) is 1.85. The summed E-state index contributed by atoms with van der Waals surface area (Å²) in [6.45, 7) is 7.03. The van der Waals surface area contributed by atoms with E-state index in [0.29, 0.717) is 16.9 Å². The second-order valence-electron chi connectivity index (χ2n) is 4.18. The molecule has 17 heavy (non-hydrogen) atoms. The maximum atomic E-state index is 6.01. The van der Waals surface area contributed by atoms with E-state index in [1.54, 1.807) is 12.3 Å². The molecule has 0 aliphatic rings. The summed E-state index contributed by atoms with van der Waals surface area (Å²) in [7, 11) is 0. The Morgan fingerprint density at radius 3 is 2.71 bits per heavy atom. The van der Waals surface area contributed by atoms with Gasteiger partial charge in [-0.15, -0.1) is 0 Å². The molecule has 0 spiro atoms. The van der Waals surface area contributed by atoms with Gasteiger partial charge in [-0.3, -0.25) is 4.68 Å². The third kappa shape index (κ3) is 2.64. The zero-order valence-corrected chi connectivity index (χ0v) is 10.9. The fourth-order valence-corrected chi connectivity index (χ4v) is 1.70. The van der Waals surface area contributed by atoms with Crippen LogP contribution in [-0.2, 0) is 6.54 Å². The zero-order chi connectivity index (χ0) is 12.4. The molecule has 90 valence electrons. The van der Waals surface area contributed by atoms with Gasteiger partial charge in [0.05, 0.1) is 11.8 Å². The van der Waals surface area contributed by atoms with Gasteiger partial charge in [-0.1, -0.05) is 25.4 Å². The minimum atomic E-state index is 0.329. The molecule has 2 rings (SSSR count). The molecule has 2 aromatic heterocycles. The number of rotatable bonds is 3. The molecule has 0 atom stereocenters. The van der Waals surface area contributed by atoms with Crippen LogP contribution in [0.25, 0.3) is 11.4 Å². The lowest BCUT2D eigenvalue weighted by Crippen LogP contribution is -1.97. The van der Waals surface area contributed by atoms with Crippen LogP contribution >= 0.6 is 11.6 Å². The smallest absolute Gasteiger partial charge is 0.164 e. The first-order valence-electron chi connectivity index (χ1n) is 5.67. The predicted octanol–water partition coefficient (Wildman–Crippen LogP) is 3.14. The van der Waals surface area contributed by atoms with Crippen LogP contribution in [0.3, 0.4) is 0 Å². The van der Waals surface area contributed by atoms with Crippen molar-refractivity contribution in [2.24, 2.45) is 0 Å². The summed E-state index contributed by atoms with van der Waals surface area (Å²) in [6, 6.07) is 1.81.